The lowest BCUT2D eigenvalue weighted by molar-refractivity contribution is -0.266. The molecule has 2 aromatic heterocycles. The first-order valence-corrected chi connectivity index (χ1v) is 4.51. The summed E-state index contributed by atoms with van der Waals surface area (Å²) < 4.78 is 0. The Morgan fingerprint density at radius 1 is 1.00 bits per heavy atom. The van der Waals surface area contributed by atoms with Crippen LogP contribution in [-0.4, -0.2) is 15.2 Å². The molecule has 0 bridgehead atoms. The molecule has 0 radical (unpaired) electrons. The minimum Gasteiger partial charge on any atom is -0.871 e. The van der Waals surface area contributed by atoms with Gasteiger partial charge >= 0.3 is 0 Å². The molecule has 3 aromatic rings. The Kier molecular flexibility index (Phi) is 1.56. The molecule has 3 rings (SSSR count). The van der Waals surface area contributed by atoms with Crippen LogP contribution in [0.3, 0.4) is 0 Å². The highest BCUT2D eigenvalue weighted by molar-refractivity contribution is 6.07. The quantitative estimate of drug-likeness (QED) is 0.507. The van der Waals surface area contributed by atoms with Gasteiger partial charge in [0.05, 0.1) is 6.20 Å². The van der Waals surface area contributed by atoms with Crippen LogP contribution in [-0.2, 0) is 0 Å². The van der Waals surface area contributed by atoms with E-state index in [-0.39, 0.29) is 5.75 Å². The van der Waals surface area contributed by atoms with Crippen molar-refractivity contribution in [3.63, 3.8) is 0 Å². The van der Waals surface area contributed by atoms with Crippen molar-refractivity contribution in [2.75, 3.05) is 0 Å². The lowest BCUT2D eigenvalue weighted by Crippen LogP contribution is -1.94. The number of hydrogen-bond donors (Lipinski definition) is 0. The molecule has 0 atom stereocenters. The van der Waals surface area contributed by atoms with Gasteiger partial charge in [0.15, 0.2) is 0 Å². The summed E-state index contributed by atoms with van der Waals surface area (Å²) in [6.07, 6.45) is 4.57. The summed E-state index contributed by atoms with van der Waals surface area (Å²) >= 11 is 0. The number of fused-ring (bicyclic) bond motifs is 3. The molecule has 0 saturated heterocycles. The molecular formula is C11H6N3O-. The average Bonchev–Trinajstić information content (AvgIpc) is 2.29. The summed E-state index contributed by atoms with van der Waals surface area (Å²) in [6.45, 7) is 0. The largest absolute Gasteiger partial charge is 0.871 e. The van der Waals surface area contributed by atoms with Crippen molar-refractivity contribution < 1.29 is 5.11 Å². The number of pyridine rings is 1. The molecule has 0 aliphatic rings. The van der Waals surface area contributed by atoms with Gasteiger partial charge < -0.3 is 5.11 Å². The highest BCUT2D eigenvalue weighted by Gasteiger charge is 2.01. The maximum atomic E-state index is 11.7. The van der Waals surface area contributed by atoms with Gasteiger partial charge in [-0.3, -0.25) is 4.98 Å². The van der Waals surface area contributed by atoms with Gasteiger partial charge in [0.25, 0.3) is 0 Å². The lowest BCUT2D eigenvalue weighted by atomic mass is 10.1. The summed E-state index contributed by atoms with van der Waals surface area (Å²) in [6, 6.07) is 5.61. The summed E-state index contributed by atoms with van der Waals surface area (Å²) in [5, 5.41) is 21.8. The molecule has 4 nitrogen and oxygen atoms in total. The van der Waals surface area contributed by atoms with Crippen molar-refractivity contribution in [1.29, 1.82) is 0 Å². The zero-order chi connectivity index (χ0) is 10.3. The standard InChI is InChI=1S/C11H7N3O/c15-9-6-12-5-8-2-1-7-3-4-13-14-11(7)10(8)9/h1-6,15H/p-1. The first-order valence-electron chi connectivity index (χ1n) is 4.51. The fourth-order valence-corrected chi connectivity index (χ4v) is 1.69. The van der Waals surface area contributed by atoms with E-state index in [9.17, 15) is 5.11 Å². The summed E-state index contributed by atoms with van der Waals surface area (Å²) in [7, 11) is 0. The van der Waals surface area contributed by atoms with E-state index < -0.39 is 0 Å². The maximum Gasteiger partial charge on any atom is 0.100 e. The van der Waals surface area contributed by atoms with Crippen molar-refractivity contribution in [2.24, 2.45) is 0 Å². The third-order valence-electron chi connectivity index (χ3n) is 2.37. The van der Waals surface area contributed by atoms with Crippen LogP contribution < -0.4 is 5.11 Å². The third-order valence-corrected chi connectivity index (χ3v) is 2.37. The number of hydrogen-bond acceptors (Lipinski definition) is 4. The lowest BCUT2D eigenvalue weighted by Gasteiger charge is -2.10. The number of aromatic nitrogens is 3. The predicted octanol–water partition coefficient (Wildman–Crippen LogP) is 1.25. The zero-order valence-corrected chi connectivity index (χ0v) is 7.71. The van der Waals surface area contributed by atoms with Gasteiger partial charge in [0, 0.05) is 28.6 Å². The predicted molar refractivity (Wildman–Crippen MR) is 54.3 cm³/mol. The van der Waals surface area contributed by atoms with Crippen LogP contribution in [0.5, 0.6) is 5.75 Å². The first-order chi connectivity index (χ1) is 7.36. The van der Waals surface area contributed by atoms with E-state index in [2.05, 4.69) is 15.2 Å². The molecule has 4 heteroatoms. The minimum atomic E-state index is -0.112. The van der Waals surface area contributed by atoms with Crippen LogP contribution >= 0.6 is 0 Å². The van der Waals surface area contributed by atoms with Crippen molar-refractivity contribution >= 4 is 21.7 Å². The Hall–Kier alpha value is -2.23. The molecule has 1 aromatic carbocycles. The molecule has 0 unspecified atom stereocenters. The van der Waals surface area contributed by atoms with Gasteiger partial charge in [-0.05, 0) is 6.07 Å². The van der Waals surface area contributed by atoms with Crippen LogP contribution in [0.1, 0.15) is 0 Å². The van der Waals surface area contributed by atoms with Gasteiger partial charge in [0.2, 0.25) is 0 Å². The number of nitrogens with zero attached hydrogens (tertiary/aromatic N) is 3. The Labute approximate surface area is 85.2 Å². The first kappa shape index (κ1) is 8.11. The van der Waals surface area contributed by atoms with Crippen LogP contribution in [0.2, 0.25) is 0 Å². The average molecular weight is 196 g/mol. The highest BCUT2D eigenvalue weighted by Crippen LogP contribution is 2.27. The van der Waals surface area contributed by atoms with Crippen molar-refractivity contribution in [2.45, 2.75) is 0 Å². The molecule has 0 N–H and O–H groups in total. The number of benzene rings is 1. The van der Waals surface area contributed by atoms with Crippen molar-refractivity contribution in [3.05, 3.63) is 36.8 Å². The van der Waals surface area contributed by atoms with Crippen LogP contribution in [0.25, 0.3) is 21.7 Å². The van der Waals surface area contributed by atoms with E-state index in [1.807, 2.05) is 18.2 Å². The molecule has 0 aliphatic heterocycles. The normalized spacial score (nSPS) is 10.9. The molecular weight excluding hydrogens is 190 g/mol. The summed E-state index contributed by atoms with van der Waals surface area (Å²) in [5.74, 6) is -0.112. The molecule has 72 valence electrons. The van der Waals surface area contributed by atoms with Gasteiger partial charge in [-0.25, -0.2) is 0 Å². The van der Waals surface area contributed by atoms with Crippen molar-refractivity contribution in [3.8, 4) is 5.75 Å². The maximum absolute atomic E-state index is 11.7. The molecule has 0 saturated carbocycles. The molecule has 15 heavy (non-hydrogen) atoms. The molecule has 0 aliphatic carbocycles. The van der Waals surface area contributed by atoms with E-state index >= 15 is 0 Å². The molecule has 0 spiro atoms. The SMILES string of the molecule is [O-]c1cncc2ccc3ccnnc3c12. The topological polar surface area (TPSA) is 61.7 Å². The van der Waals surface area contributed by atoms with Crippen LogP contribution in [0.4, 0.5) is 0 Å². The Bertz CT molecular complexity index is 651. The van der Waals surface area contributed by atoms with Crippen molar-refractivity contribution in [1.82, 2.24) is 15.2 Å². The molecule has 2 heterocycles. The van der Waals surface area contributed by atoms with Gasteiger partial charge in [0.1, 0.15) is 5.52 Å². The van der Waals surface area contributed by atoms with E-state index in [1.165, 1.54) is 6.20 Å². The van der Waals surface area contributed by atoms with Gasteiger partial charge in [-0.15, -0.1) is 5.10 Å². The van der Waals surface area contributed by atoms with Crippen LogP contribution in [0, 0.1) is 0 Å². The molecule has 0 fully saturated rings. The smallest absolute Gasteiger partial charge is 0.100 e. The van der Waals surface area contributed by atoms with E-state index in [0.717, 1.165) is 10.8 Å². The minimum absolute atomic E-state index is 0.112. The van der Waals surface area contributed by atoms with E-state index in [0.29, 0.717) is 10.9 Å². The second kappa shape index (κ2) is 2.88. The number of rotatable bonds is 0. The second-order valence-electron chi connectivity index (χ2n) is 3.27. The monoisotopic (exact) mass is 196 g/mol. The second-order valence-corrected chi connectivity index (χ2v) is 3.27. The fraction of sp³-hybridized carbons (Fsp3) is 0. The summed E-state index contributed by atoms with van der Waals surface area (Å²) in [4.78, 5) is 3.86. The van der Waals surface area contributed by atoms with Gasteiger partial charge in [-0.2, -0.15) is 5.10 Å². The highest BCUT2D eigenvalue weighted by atomic mass is 16.3. The summed E-state index contributed by atoms with van der Waals surface area (Å²) in [5.41, 5.74) is 0.641. The Morgan fingerprint density at radius 3 is 2.80 bits per heavy atom. The van der Waals surface area contributed by atoms with Crippen LogP contribution in [0.15, 0.2) is 36.8 Å². The van der Waals surface area contributed by atoms with Gasteiger partial charge in [-0.1, -0.05) is 17.9 Å². The zero-order valence-electron chi connectivity index (χ0n) is 7.71. The Balaban J connectivity index is 2.64. The Morgan fingerprint density at radius 2 is 1.87 bits per heavy atom. The van der Waals surface area contributed by atoms with E-state index in [4.69, 9.17) is 0 Å². The third kappa shape index (κ3) is 1.11. The fourth-order valence-electron chi connectivity index (χ4n) is 1.69. The molecule has 0 amide bonds. The van der Waals surface area contributed by atoms with E-state index in [1.54, 1.807) is 12.4 Å².